The molecule has 210 valence electrons. The summed E-state index contributed by atoms with van der Waals surface area (Å²) in [6, 6.07) is 29.5. The summed E-state index contributed by atoms with van der Waals surface area (Å²) in [6.07, 6.45) is 0.466. The van der Waals surface area contributed by atoms with Gasteiger partial charge < -0.3 is 5.11 Å². The minimum absolute atomic E-state index is 0.187. The maximum Gasteiger partial charge on any atom is 0.167 e. The summed E-state index contributed by atoms with van der Waals surface area (Å²) in [5, 5.41) is 7.00. The first-order valence-corrected chi connectivity index (χ1v) is 15.0. The quantitative estimate of drug-likeness (QED) is 0.247. The molecule has 1 aliphatic rings. The summed E-state index contributed by atoms with van der Waals surface area (Å²) in [7, 11) is 1.00. The number of carbonyl (C=O) groups excluding carboxylic acids is 1. The van der Waals surface area contributed by atoms with Crippen LogP contribution in [0.2, 0.25) is 0 Å². The number of ketones is 1. The zero-order valence-corrected chi connectivity index (χ0v) is 26.2. The number of aliphatic hydroxyl groups excluding tert-OH is 1. The van der Waals surface area contributed by atoms with Crippen molar-refractivity contribution >= 4 is 46.0 Å². The van der Waals surface area contributed by atoms with E-state index in [1.807, 2.05) is 26.0 Å². The van der Waals surface area contributed by atoms with Crippen LogP contribution in [0.3, 0.4) is 0 Å². The molecule has 0 spiro atoms. The van der Waals surface area contributed by atoms with Gasteiger partial charge in [-0.15, -0.1) is 0 Å². The molecule has 0 saturated carbocycles. The number of aryl methyl sites for hydroxylation is 2. The van der Waals surface area contributed by atoms with Crippen molar-refractivity contribution in [2.75, 3.05) is 7.11 Å². The van der Waals surface area contributed by atoms with Crippen LogP contribution in [0, 0.1) is 13.8 Å². The zero-order chi connectivity index (χ0) is 30.1. The van der Waals surface area contributed by atoms with E-state index < -0.39 is 0 Å². The number of fused-ring (bicyclic) bond motifs is 1. The molecule has 4 aromatic rings. The first-order valence-electron chi connectivity index (χ1n) is 13.4. The van der Waals surface area contributed by atoms with E-state index in [1.54, 1.807) is 23.5 Å². The van der Waals surface area contributed by atoms with Crippen molar-refractivity contribution in [3.63, 3.8) is 0 Å². The number of aliphatic hydroxyl groups is 1. The second kappa shape index (κ2) is 14.9. The maximum atomic E-state index is 11.7. The number of Topliss-reactive ketones (excluding diaryl/α,β-unsaturated/α-hetero) is 1. The lowest BCUT2D eigenvalue weighted by molar-refractivity contribution is 0.100. The summed E-state index contributed by atoms with van der Waals surface area (Å²) < 4.78 is 0. The molecule has 0 saturated heterocycles. The van der Waals surface area contributed by atoms with Gasteiger partial charge in [0.25, 0.3) is 0 Å². The van der Waals surface area contributed by atoms with Gasteiger partial charge in [0.15, 0.2) is 5.78 Å². The van der Waals surface area contributed by atoms with E-state index >= 15 is 0 Å². The first kappa shape index (κ1) is 32.0. The molecular weight excluding hydrogens is 541 g/mol. The molecule has 4 heteroatoms. The van der Waals surface area contributed by atoms with E-state index in [9.17, 15) is 4.79 Å². The summed E-state index contributed by atoms with van der Waals surface area (Å²) >= 11 is 3.50. The highest BCUT2D eigenvalue weighted by molar-refractivity contribution is 7.99. The second-order valence-corrected chi connectivity index (χ2v) is 12.3. The van der Waals surface area contributed by atoms with Gasteiger partial charge in [-0.25, -0.2) is 0 Å². The van der Waals surface area contributed by atoms with E-state index in [0.717, 1.165) is 39.9 Å². The van der Waals surface area contributed by atoms with Crippen LogP contribution < -0.4 is 0 Å². The topological polar surface area (TPSA) is 37.3 Å². The minimum atomic E-state index is 0.187. The van der Waals surface area contributed by atoms with Gasteiger partial charge in [0.05, 0.1) is 0 Å². The first-order chi connectivity index (χ1) is 19.6. The molecule has 0 radical (unpaired) electrons. The Hall–Kier alpha value is -3.57. The van der Waals surface area contributed by atoms with Crippen molar-refractivity contribution in [3.05, 3.63) is 138 Å². The largest absolute Gasteiger partial charge is 0.400 e. The average molecular weight is 579 g/mol. The Morgan fingerprint density at radius 3 is 1.66 bits per heavy atom. The summed E-state index contributed by atoms with van der Waals surface area (Å²) in [6.45, 7) is 20.4. The van der Waals surface area contributed by atoms with Gasteiger partial charge in [-0.05, 0) is 105 Å². The van der Waals surface area contributed by atoms with Crippen LogP contribution in [0.1, 0.15) is 58.4 Å². The molecule has 1 aliphatic carbocycles. The van der Waals surface area contributed by atoms with Gasteiger partial charge >= 0.3 is 0 Å². The number of hydrogen-bond donors (Lipinski definition) is 1. The van der Waals surface area contributed by atoms with Crippen LogP contribution in [0.5, 0.6) is 0 Å². The molecule has 41 heavy (non-hydrogen) atoms. The highest BCUT2D eigenvalue weighted by Gasteiger charge is 2.22. The van der Waals surface area contributed by atoms with Gasteiger partial charge in [-0.2, -0.15) is 0 Å². The highest BCUT2D eigenvalue weighted by atomic mass is 32.2. The van der Waals surface area contributed by atoms with Gasteiger partial charge in [-0.1, -0.05) is 95.9 Å². The Balaban J connectivity index is 0.000000213. The Morgan fingerprint density at radius 1 is 0.659 bits per heavy atom. The van der Waals surface area contributed by atoms with Crippen LogP contribution in [0.15, 0.2) is 124 Å². The Labute approximate surface area is 253 Å². The number of hydrogen-bond acceptors (Lipinski definition) is 4. The fourth-order valence-corrected chi connectivity index (χ4v) is 6.40. The average Bonchev–Trinajstić information content (AvgIpc) is 3.22. The van der Waals surface area contributed by atoms with Gasteiger partial charge in [0.2, 0.25) is 0 Å². The molecule has 0 fully saturated rings. The molecule has 2 nitrogen and oxygen atoms in total. The fraction of sp³-hybridized carbons (Fsp3) is 0.162. The third-order valence-corrected chi connectivity index (χ3v) is 8.37. The molecule has 0 bridgehead atoms. The molecular formula is C37H38O2S2. The smallest absolute Gasteiger partial charge is 0.167 e. The van der Waals surface area contributed by atoms with Crippen molar-refractivity contribution in [2.24, 2.45) is 0 Å². The predicted octanol–water partition coefficient (Wildman–Crippen LogP) is 10.6. The van der Waals surface area contributed by atoms with E-state index in [-0.39, 0.29) is 5.78 Å². The van der Waals surface area contributed by atoms with E-state index in [0.29, 0.717) is 6.42 Å². The van der Waals surface area contributed by atoms with Crippen molar-refractivity contribution in [1.29, 1.82) is 0 Å². The summed E-state index contributed by atoms with van der Waals surface area (Å²) in [4.78, 5) is 16.6. The van der Waals surface area contributed by atoms with Gasteiger partial charge in [0.1, 0.15) is 0 Å². The Morgan fingerprint density at radius 2 is 1.15 bits per heavy atom. The van der Waals surface area contributed by atoms with Crippen molar-refractivity contribution in [2.45, 2.75) is 53.7 Å². The van der Waals surface area contributed by atoms with Crippen LogP contribution in [-0.4, -0.2) is 18.0 Å². The molecule has 1 N–H and O–H groups in total. The van der Waals surface area contributed by atoms with Crippen molar-refractivity contribution in [1.82, 2.24) is 0 Å². The lowest BCUT2D eigenvalue weighted by Gasteiger charge is -2.12. The van der Waals surface area contributed by atoms with Crippen LogP contribution in [0.4, 0.5) is 0 Å². The summed E-state index contributed by atoms with van der Waals surface area (Å²) in [5.41, 5.74) is 9.85. The number of allylic oxidation sites excluding steroid dienone is 3. The zero-order valence-electron chi connectivity index (χ0n) is 24.6. The highest BCUT2D eigenvalue weighted by Crippen LogP contribution is 2.36. The Bertz CT molecular complexity index is 1600. The van der Waals surface area contributed by atoms with Crippen molar-refractivity contribution < 1.29 is 9.90 Å². The molecule has 4 aromatic carbocycles. The van der Waals surface area contributed by atoms with E-state index in [1.165, 1.54) is 36.9 Å². The van der Waals surface area contributed by atoms with Crippen molar-refractivity contribution in [3.8, 4) is 0 Å². The lowest BCUT2D eigenvalue weighted by Crippen LogP contribution is -1.90. The van der Waals surface area contributed by atoms with Gasteiger partial charge in [0, 0.05) is 38.7 Å². The van der Waals surface area contributed by atoms with Crippen LogP contribution >= 0.6 is 23.5 Å². The monoisotopic (exact) mass is 578 g/mol. The molecule has 0 unspecified atom stereocenters. The standard InChI is InChI=1S/C19H20S.C17H14OS.CH4O/c1-13(2)18-10-9-17(12-19(18)14(3)4)20-16-8-6-7-15(5)11-16;1-11-4-3-5-13(8-11)19-14-6-7-15-16(10-14)12(2)9-17(15)18;1-2/h6-12H,1,3H2,2,4-5H3;3-8,10H,2,9H2,1H3;2H,1H3. The third-order valence-electron chi connectivity index (χ3n) is 6.41. The second-order valence-electron chi connectivity index (χ2n) is 10.0. The van der Waals surface area contributed by atoms with E-state index in [2.05, 4.69) is 106 Å². The normalized spacial score (nSPS) is 11.6. The number of rotatable bonds is 6. The minimum Gasteiger partial charge on any atom is -0.400 e. The van der Waals surface area contributed by atoms with Gasteiger partial charge in [-0.3, -0.25) is 4.79 Å². The lowest BCUT2D eigenvalue weighted by atomic mass is 9.98. The fourth-order valence-electron chi connectivity index (χ4n) is 4.45. The van der Waals surface area contributed by atoms with Crippen LogP contribution in [-0.2, 0) is 0 Å². The number of benzene rings is 4. The van der Waals surface area contributed by atoms with Crippen LogP contribution in [0.25, 0.3) is 16.7 Å². The number of carbonyl (C=O) groups is 1. The molecule has 5 rings (SSSR count). The van der Waals surface area contributed by atoms with E-state index in [4.69, 9.17) is 5.11 Å². The Kier molecular flexibility index (Phi) is 11.6. The molecule has 0 amide bonds. The molecule has 0 heterocycles. The molecule has 0 aromatic heterocycles. The molecule has 0 atom stereocenters. The summed E-state index contributed by atoms with van der Waals surface area (Å²) in [5.74, 6) is 0.187. The predicted molar refractivity (Wildman–Crippen MR) is 179 cm³/mol. The maximum absolute atomic E-state index is 11.7. The SMILES string of the molecule is C=C(C)c1ccc(Sc2cccc(C)c2)cc1C(=C)C.C=C1CC(=O)c2ccc(Sc3cccc(C)c3)cc21.CO. The third kappa shape index (κ3) is 8.71. The molecule has 0 aliphatic heterocycles.